The van der Waals surface area contributed by atoms with Crippen molar-refractivity contribution in [3.05, 3.63) is 64.8 Å². The first-order valence-electron chi connectivity index (χ1n) is 6.76. The summed E-state index contributed by atoms with van der Waals surface area (Å²) in [5, 5.41) is 0. The number of anilines is 1. The molecule has 6 heteroatoms. The fourth-order valence-electron chi connectivity index (χ4n) is 2.16. The Balaban J connectivity index is 1.91. The van der Waals surface area contributed by atoms with Crippen molar-refractivity contribution in [3.8, 4) is 5.75 Å². The minimum atomic E-state index is -0.477. The number of rotatable bonds is 3. The minimum Gasteiger partial charge on any atom is -0.497 e. The van der Waals surface area contributed by atoms with Gasteiger partial charge in [0.25, 0.3) is 5.91 Å². The summed E-state index contributed by atoms with van der Waals surface area (Å²) in [6.07, 6.45) is 1.74. The SMILES string of the molecule is COc1ccc(C=C2SC(=S)N(c3ccccc3F)C2=O)cc1. The standard InChI is InChI=1S/C17H12FNO2S2/c1-21-12-8-6-11(7-9-12)10-15-16(20)19(17(22)23-15)14-5-3-2-4-13(14)18/h2-10H,1H3. The molecule has 0 aromatic heterocycles. The lowest BCUT2D eigenvalue weighted by molar-refractivity contribution is -0.113. The van der Waals surface area contributed by atoms with E-state index in [1.54, 1.807) is 25.3 Å². The number of ether oxygens (including phenoxy) is 1. The van der Waals surface area contributed by atoms with Crippen LogP contribution in [0.25, 0.3) is 6.08 Å². The van der Waals surface area contributed by atoms with Gasteiger partial charge in [0.1, 0.15) is 11.6 Å². The summed E-state index contributed by atoms with van der Waals surface area (Å²) in [7, 11) is 1.59. The number of thiocarbonyl (C=S) groups is 1. The van der Waals surface area contributed by atoms with Crippen molar-refractivity contribution in [3.63, 3.8) is 0 Å². The lowest BCUT2D eigenvalue weighted by atomic mass is 10.2. The Labute approximate surface area is 142 Å². The Morgan fingerprint density at radius 3 is 2.52 bits per heavy atom. The van der Waals surface area contributed by atoms with Crippen LogP contribution in [0.3, 0.4) is 0 Å². The van der Waals surface area contributed by atoms with Gasteiger partial charge in [-0.15, -0.1) is 0 Å². The number of benzene rings is 2. The number of hydrogen-bond donors (Lipinski definition) is 0. The molecule has 1 saturated heterocycles. The number of para-hydroxylation sites is 1. The van der Waals surface area contributed by atoms with Crippen LogP contribution in [-0.4, -0.2) is 17.3 Å². The highest BCUT2D eigenvalue weighted by atomic mass is 32.2. The Morgan fingerprint density at radius 1 is 1.17 bits per heavy atom. The molecular weight excluding hydrogens is 333 g/mol. The molecule has 0 radical (unpaired) electrons. The van der Waals surface area contributed by atoms with Gasteiger partial charge in [0.05, 0.1) is 17.7 Å². The average Bonchev–Trinajstić information content (AvgIpc) is 2.83. The van der Waals surface area contributed by atoms with Crippen molar-refractivity contribution >= 4 is 46.0 Å². The van der Waals surface area contributed by atoms with Gasteiger partial charge < -0.3 is 4.74 Å². The van der Waals surface area contributed by atoms with Gasteiger partial charge >= 0.3 is 0 Å². The highest BCUT2D eigenvalue weighted by Crippen LogP contribution is 2.37. The maximum absolute atomic E-state index is 13.9. The first-order valence-corrected chi connectivity index (χ1v) is 7.99. The topological polar surface area (TPSA) is 29.5 Å². The molecule has 1 aliphatic heterocycles. The molecule has 0 atom stereocenters. The molecule has 0 saturated carbocycles. The predicted octanol–water partition coefficient (Wildman–Crippen LogP) is 4.24. The van der Waals surface area contributed by atoms with E-state index in [0.29, 0.717) is 9.23 Å². The number of carbonyl (C=O) groups excluding carboxylic acids is 1. The van der Waals surface area contributed by atoms with Gasteiger partial charge in [-0.1, -0.05) is 48.2 Å². The number of halogens is 1. The number of thioether (sulfide) groups is 1. The van der Waals surface area contributed by atoms with Crippen molar-refractivity contribution in [1.82, 2.24) is 0 Å². The molecule has 3 rings (SSSR count). The molecule has 0 bridgehead atoms. The Hall–Kier alpha value is -2.18. The number of methoxy groups -OCH3 is 1. The summed E-state index contributed by atoms with van der Waals surface area (Å²) in [4.78, 5) is 14.2. The molecule has 2 aromatic rings. The van der Waals surface area contributed by atoms with Gasteiger partial charge in [-0.3, -0.25) is 9.69 Å². The molecule has 1 aliphatic rings. The molecule has 116 valence electrons. The fourth-order valence-corrected chi connectivity index (χ4v) is 3.44. The number of carbonyl (C=O) groups is 1. The zero-order chi connectivity index (χ0) is 16.4. The highest BCUT2D eigenvalue weighted by molar-refractivity contribution is 8.27. The Kier molecular flexibility index (Phi) is 4.45. The maximum atomic E-state index is 13.9. The zero-order valence-electron chi connectivity index (χ0n) is 12.2. The van der Waals surface area contributed by atoms with Gasteiger partial charge in [-0.2, -0.15) is 0 Å². The van der Waals surface area contributed by atoms with E-state index in [0.717, 1.165) is 23.1 Å². The number of nitrogens with zero attached hydrogens (tertiary/aromatic N) is 1. The number of hydrogen-bond acceptors (Lipinski definition) is 4. The molecular formula is C17H12FNO2S2. The van der Waals surface area contributed by atoms with E-state index in [1.165, 1.54) is 17.0 Å². The van der Waals surface area contributed by atoms with E-state index in [4.69, 9.17) is 17.0 Å². The maximum Gasteiger partial charge on any atom is 0.270 e. The van der Waals surface area contributed by atoms with Crippen molar-refractivity contribution in [1.29, 1.82) is 0 Å². The van der Waals surface area contributed by atoms with Crippen molar-refractivity contribution < 1.29 is 13.9 Å². The Bertz CT molecular complexity index is 802. The molecule has 1 heterocycles. The third-order valence-electron chi connectivity index (χ3n) is 3.30. The summed E-state index contributed by atoms with van der Waals surface area (Å²) >= 11 is 6.39. The minimum absolute atomic E-state index is 0.174. The van der Waals surface area contributed by atoms with E-state index in [1.807, 2.05) is 24.3 Å². The highest BCUT2D eigenvalue weighted by Gasteiger charge is 2.34. The quantitative estimate of drug-likeness (QED) is 0.615. The van der Waals surface area contributed by atoms with Gasteiger partial charge in [-0.25, -0.2) is 4.39 Å². The fraction of sp³-hybridized carbons (Fsp3) is 0.0588. The summed E-state index contributed by atoms with van der Waals surface area (Å²) in [5.41, 5.74) is 1.02. The van der Waals surface area contributed by atoms with Gasteiger partial charge in [0.15, 0.2) is 4.32 Å². The molecule has 2 aromatic carbocycles. The van der Waals surface area contributed by atoms with E-state index in [2.05, 4.69) is 0 Å². The first-order chi connectivity index (χ1) is 11.1. The molecule has 1 fully saturated rings. The van der Waals surface area contributed by atoms with Crippen LogP contribution in [0.1, 0.15) is 5.56 Å². The van der Waals surface area contributed by atoms with Gasteiger partial charge in [-0.05, 0) is 35.9 Å². The second kappa shape index (κ2) is 6.52. The van der Waals surface area contributed by atoms with Gasteiger partial charge in [0, 0.05) is 0 Å². The Morgan fingerprint density at radius 2 is 1.87 bits per heavy atom. The zero-order valence-corrected chi connectivity index (χ0v) is 13.8. The van der Waals surface area contributed by atoms with Crippen LogP contribution in [0, 0.1) is 5.82 Å². The second-order valence-electron chi connectivity index (χ2n) is 4.74. The van der Waals surface area contributed by atoms with Crippen molar-refractivity contribution in [2.24, 2.45) is 0 Å². The van der Waals surface area contributed by atoms with E-state index in [9.17, 15) is 9.18 Å². The monoisotopic (exact) mass is 345 g/mol. The first kappa shape index (κ1) is 15.7. The van der Waals surface area contributed by atoms with E-state index in [-0.39, 0.29) is 11.6 Å². The largest absolute Gasteiger partial charge is 0.497 e. The van der Waals surface area contributed by atoms with Crippen LogP contribution in [0.5, 0.6) is 5.75 Å². The van der Waals surface area contributed by atoms with Crippen LogP contribution >= 0.6 is 24.0 Å². The third kappa shape index (κ3) is 3.13. The molecule has 0 aliphatic carbocycles. The molecule has 1 amide bonds. The van der Waals surface area contributed by atoms with Crippen LogP contribution in [0.15, 0.2) is 53.4 Å². The molecule has 23 heavy (non-hydrogen) atoms. The second-order valence-corrected chi connectivity index (χ2v) is 6.42. The van der Waals surface area contributed by atoms with E-state index < -0.39 is 5.82 Å². The third-order valence-corrected chi connectivity index (χ3v) is 4.60. The summed E-state index contributed by atoms with van der Waals surface area (Å²) in [6, 6.07) is 13.4. The smallest absolute Gasteiger partial charge is 0.270 e. The summed E-state index contributed by atoms with van der Waals surface area (Å²) in [5.74, 6) is -0.0588. The van der Waals surface area contributed by atoms with Gasteiger partial charge in [0.2, 0.25) is 0 Å². The summed E-state index contributed by atoms with van der Waals surface area (Å²) in [6.45, 7) is 0. The molecule has 0 spiro atoms. The van der Waals surface area contributed by atoms with Crippen LogP contribution in [0.2, 0.25) is 0 Å². The van der Waals surface area contributed by atoms with E-state index >= 15 is 0 Å². The summed E-state index contributed by atoms with van der Waals surface area (Å²) < 4.78 is 19.4. The van der Waals surface area contributed by atoms with Crippen LogP contribution in [-0.2, 0) is 4.79 Å². The lowest BCUT2D eigenvalue weighted by Crippen LogP contribution is -2.28. The predicted molar refractivity (Wildman–Crippen MR) is 95.0 cm³/mol. The van der Waals surface area contributed by atoms with Crippen molar-refractivity contribution in [2.75, 3.05) is 12.0 Å². The average molecular weight is 345 g/mol. The molecule has 0 unspecified atom stereocenters. The van der Waals surface area contributed by atoms with Crippen molar-refractivity contribution in [2.45, 2.75) is 0 Å². The van der Waals surface area contributed by atoms with Crippen LogP contribution in [0.4, 0.5) is 10.1 Å². The normalized spacial score (nSPS) is 16.3. The van der Waals surface area contributed by atoms with Crippen LogP contribution < -0.4 is 9.64 Å². The number of amides is 1. The lowest BCUT2D eigenvalue weighted by Gasteiger charge is -2.14. The molecule has 0 N–H and O–H groups in total. The molecule has 3 nitrogen and oxygen atoms in total.